The van der Waals surface area contributed by atoms with Crippen molar-refractivity contribution in [2.24, 2.45) is 23.7 Å². The normalized spacial score (nSPS) is 32.9. The smallest absolute Gasteiger partial charge is 0.335 e. The molecule has 1 heterocycles. The van der Waals surface area contributed by atoms with E-state index in [2.05, 4.69) is 0 Å². The number of fused-ring (bicyclic) bond motifs is 5. The number of carbonyl (C=O) groups is 3. The van der Waals surface area contributed by atoms with Gasteiger partial charge in [-0.15, -0.1) is 0 Å². The number of allylic oxidation sites excluding steroid dienone is 2. The maximum atomic E-state index is 12.6. The Morgan fingerprint density at radius 3 is 2.00 bits per heavy atom. The molecule has 5 heteroatoms. The second-order valence-corrected chi connectivity index (χ2v) is 5.86. The van der Waals surface area contributed by atoms with Crippen LogP contribution in [0.25, 0.3) is 0 Å². The number of nitrogens with zero attached hydrogens (tertiary/aromatic N) is 1. The number of rotatable bonds is 2. The number of aromatic carboxylic acids is 1. The van der Waals surface area contributed by atoms with E-state index in [1.165, 1.54) is 29.2 Å². The first-order chi connectivity index (χ1) is 10.1. The summed E-state index contributed by atoms with van der Waals surface area (Å²) in [6.07, 6.45) is 5.00. The highest BCUT2D eigenvalue weighted by Gasteiger charge is 2.59. The number of benzene rings is 1. The van der Waals surface area contributed by atoms with Crippen molar-refractivity contribution in [1.82, 2.24) is 0 Å². The highest BCUT2D eigenvalue weighted by Crippen LogP contribution is 2.53. The average Bonchev–Trinajstić information content (AvgIpc) is 3.13. The van der Waals surface area contributed by atoms with Gasteiger partial charge in [0.15, 0.2) is 0 Å². The summed E-state index contributed by atoms with van der Waals surface area (Å²) in [5.74, 6) is -1.42. The predicted molar refractivity (Wildman–Crippen MR) is 73.6 cm³/mol. The Morgan fingerprint density at radius 1 is 1.00 bits per heavy atom. The molecule has 2 aliphatic carbocycles. The Morgan fingerprint density at radius 2 is 1.52 bits per heavy atom. The Bertz CT molecular complexity index is 661. The third-order valence-electron chi connectivity index (χ3n) is 4.84. The number of amides is 2. The van der Waals surface area contributed by atoms with Gasteiger partial charge in [-0.1, -0.05) is 12.2 Å². The monoisotopic (exact) mass is 283 g/mol. The molecule has 0 spiro atoms. The van der Waals surface area contributed by atoms with E-state index in [9.17, 15) is 14.4 Å². The first-order valence-corrected chi connectivity index (χ1v) is 6.97. The average molecular weight is 283 g/mol. The molecule has 5 nitrogen and oxygen atoms in total. The molecule has 4 atom stereocenters. The quantitative estimate of drug-likeness (QED) is 0.662. The number of hydrogen-bond donors (Lipinski definition) is 1. The van der Waals surface area contributed by atoms with Gasteiger partial charge in [-0.2, -0.15) is 0 Å². The Hall–Kier alpha value is -2.43. The third-order valence-corrected chi connectivity index (χ3v) is 4.84. The largest absolute Gasteiger partial charge is 0.478 e. The molecule has 1 aromatic carbocycles. The van der Waals surface area contributed by atoms with Crippen LogP contribution in [0.4, 0.5) is 5.69 Å². The summed E-state index contributed by atoms with van der Waals surface area (Å²) in [6.45, 7) is 0. The molecule has 1 N–H and O–H groups in total. The molecular formula is C16H13NO4. The summed E-state index contributed by atoms with van der Waals surface area (Å²) in [5.41, 5.74) is 0.601. The van der Waals surface area contributed by atoms with Gasteiger partial charge in [0, 0.05) is 0 Å². The molecule has 3 aliphatic rings. The Balaban J connectivity index is 1.69. The van der Waals surface area contributed by atoms with Crippen LogP contribution in [0, 0.1) is 23.7 Å². The van der Waals surface area contributed by atoms with Gasteiger partial charge in [0.05, 0.1) is 23.1 Å². The van der Waals surface area contributed by atoms with E-state index < -0.39 is 5.97 Å². The highest BCUT2D eigenvalue weighted by atomic mass is 16.4. The molecule has 1 aromatic rings. The molecule has 1 saturated heterocycles. The molecule has 0 aromatic heterocycles. The van der Waals surface area contributed by atoms with Crippen LogP contribution in [0.2, 0.25) is 0 Å². The molecule has 2 fully saturated rings. The third kappa shape index (κ3) is 1.54. The zero-order valence-electron chi connectivity index (χ0n) is 11.1. The molecule has 106 valence electrons. The number of carboxylic acid groups (broad SMARTS) is 1. The minimum atomic E-state index is -1.03. The number of carboxylic acids is 1. The molecule has 4 rings (SSSR count). The highest BCUT2D eigenvalue weighted by molar-refractivity contribution is 6.22. The van der Waals surface area contributed by atoms with E-state index >= 15 is 0 Å². The van der Waals surface area contributed by atoms with Gasteiger partial charge in [-0.05, 0) is 42.5 Å². The number of carbonyl (C=O) groups excluding carboxylic acids is 2. The van der Waals surface area contributed by atoms with E-state index in [0.717, 1.165) is 6.42 Å². The molecule has 1 saturated carbocycles. The van der Waals surface area contributed by atoms with E-state index in [1.807, 2.05) is 12.2 Å². The van der Waals surface area contributed by atoms with Crippen LogP contribution in [0.5, 0.6) is 0 Å². The fourth-order valence-electron chi connectivity index (χ4n) is 3.91. The summed E-state index contributed by atoms with van der Waals surface area (Å²) in [6, 6.07) is 5.88. The lowest BCUT2D eigenvalue weighted by atomic mass is 9.85. The van der Waals surface area contributed by atoms with Gasteiger partial charge >= 0.3 is 5.97 Å². The van der Waals surface area contributed by atoms with Crippen molar-refractivity contribution in [2.45, 2.75) is 6.42 Å². The lowest BCUT2D eigenvalue weighted by Gasteiger charge is -2.17. The second-order valence-electron chi connectivity index (χ2n) is 5.86. The first kappa shape index (κ1) is 12.3. The van der Waals surface area contributed by atoms with Crippen LogP contribution in [0.15, 0.2) is 36.4 Å². The van der Waals surface area contributed by atoms with Crippen LogP contribution in [-0.4, -0.2) is 22.9 Å². The van der Waals surface area contributed by atoms with E-state index in [4.69, 9.17) is 5.11 Å². The summed E-state index contributed by atoms with van der Waals surface area (Å²) in [5, 5.41) is 8.90. The summed E-state index contributed by atoms with van der Waals surface area (Å²) >= 11 is 0. The fraction of sp³-hybridized carbons (Fsp3) is 0.312. The van der Waals surface area contributed by atoms with Crippen molar-refractivity contribution in [3.63, 3.8) is 0 Å². The van der Waals surface area contributed by atoms with Crippen LogP contribution >= 0.6 is 0 Å². The van der Waals surface area contributed by atoms with Crippen LogP contribution in [0.1, 0.15) is 16.8 Å². The maximum Gasteiger partial charge on any atom is 0.335 e. The van der Waals surface area contributed by atoms with Crippen LogP contribution < -0.4 is 4.90 Å². The molecule has 2 bridgehead atoms. The minimum absolute atomic E-state index is 0.139. The van der Waals surface area contributed by atoms with Crippen molar-refractivity contribution in [1.29, 1.82) is 0 Å². The maximum absolute atomic E-state index is 12.6. The second kappa shape index (κ2) is 4.04. The van der Waals surface area contributed by atoms with Gasteiger partial charge in [-0.3, -0.25) is 14.5 Å². The topological polar surface area (TPSA) is 74.7 Å². The zero-order valence-corrected chi connectivity index (χ0v) is 11.1. The van der Waals surface area contributed by atoms with Gasteiger partial charge < -0.3 is 5.11 Å². The van der Waals surface area contributed by atoms with Crippen molar-refractivity contribution >= 4 is 23.5 Å². The number of anilines is 1. The molecule has 21 heavy (non-hydrogen) atoms. The first-order valence-electron chi connectivity index (χ1n) is 6.97. The zero-order chi connectivity index (χ0) is 14.7. The van der Waals surface area contributed by atoms with Crippen molar-refractivity contribution in [2.75, 3.05) is 4.90 Å². The van der Waals surface area contributed by atoms with Crippen LogP contribution in [0.3, 0.4) is 0 Å². The molecule has 0 unspecified atom stereocenters. The van der Waals surface area contributed by atoms with Gasteiger partial charge in [0.2, 0.25) is 11.8 Å². The van der Waals surface area contributed by atoms with Crippen molar-refractivity contribution in [3.8, 4) is 0 Å². The van der Waals surface area contributed by atoms with Gasteiger partial charge in [-0.25, -0.2) is 4.79 Å². The fourth-order valence-corrected chi connectivity index (χ4v) is 3.91. The summed E-state index contributed by atoms with van der Waals surface area (Å²) in [7, 11) is 0. The summed E-state index contributed by atoms with van der Waals surface area (Å²) < 4.78 is 0. The lowest BCUT2D eigenvalue weighted by Crippen LogP contribution is -2.32. The minimum Gasteiger partial charge on any atom is -0.478 e. The van der Waals surface area contributed by atoms with E-state index in [-0.39, 0.29) is 41.0 Å². The Labute approximate surface area is 120 Å². The predicted octanol–water partition coefficient (Wildman–Crippen LogP) is 1.70. The van der Waals surface area contributed by atoms with Crippen LogP contribution in [-0.2, 0) is 9.59 Å². The van der Waals surface area contributed by atoms with E-state index in [0.29, 0.717) is 5.69 Å². The number of imide groups is 1. The SMILES string of the molecule is O=C(O)c1ccc(N2C(=O)[C@@H]3[C@H](C2=O)[C@@H]2C=C[C@H]3C2)cc1. The van der Waals surface area contributed by atoms with E-state index in [1.54, 1.807) is 0 Å². The standard InChI is InChI=1S/C16H13NO4/c18-14-12-9-1-2-10(7-9)13(12)15(19)17(14)11-5-3-8(4-6-11)16(20)21/h1-6,9-10,12-13H,7H2,(H,20,21)/t9-,10+,12-,13+. The molecule has 2 amide bonds. The summed E-state index contributed by atoms with van der Waals surface area (Å²) in [4.78, 5) is 37.2. The van der Waals surface area contributed by atoms with Gasteiger partial charge in [0.25, 0.3) is 0 Å². The number of hydrogen-bond acceptors (Lipinski definition) is 3. The van der Waals surface area contributed by atoms with Crippen molar-refractivity contribution < 1.29 is 19.5 Å². The Kier molecular flexibility index (Phi) is 2.37. The molecule has 1 aliphatic heterocycles. The molecule has 0 radical (unpaired) electrons. The molecular weight excluding hydrogens is 270 g/mol. The van der Waals surface area contributed by atoms with Gasteiger partial charge in [0.1, 0.15) is 0 Å². The lowest BCUT2D eigenvalue weighted by molar-refractivity contribution is -0.123. The van der Waals surface area contributed by atoms with Crippen molar-refractivity contribution in [3.05, 3.63) is 42.0 Å².